The molecule has 0 heterocycles. The lowest BCUT2D eigenvalue weighted by Crippen LogP contribution is -2.45. The average Bonchev–Trinajstić information content (AvgIpc) is 2.59. The molecule has 0 aliphatic heterocycles. The van der Waals surface area contributed by atoms with E-state index in [9.17, 15) is 9.90 Å². The zero-order valence-corrected chi connectivity index (χ0v) is 13.1. The fourth-order valence-corrected chi connectivity index (χ4v) is 2.56. The van der Waals surface area contributed by atoms with Crippen molar-refractivity contribution in [3.05, 3.63) is 71.8 Å². The molecule has 2 rings (SSSR count). The molecule has 0 bridgehead atoms. The van der Waals surface area contributed by atoms with Gasteiger partial charge in [0.25, 0.3) is 0 Å². The summed E-state index contributed by atoms with van der Waals surface area (Å²) in [6, 6.07) is 19.4. The summed E-state index contributed by atoms with van der Waals surface area (Å²) in [6.07, 6.45) is 0.713. The number of aliphatic hydroxyl groups is 1. The zero-order valence-electron chi connectivity index (χ0n) is 13.1. The molecule has 0 amide bonds. The summed E-state index contributed by atoms with van der Waals surface area (Å²) in [7, 11) is 0. The molecule has 23 heavy (non-hydrogen) atoms. The van der Waals surface area contributed by atoms with E-state index in [0.29, 0.717) is 13.0 Å². The number of carboxylic acids is 1. The standard InChI is InChI=1S/C19H23NO3/c21-18(19(22)23)17(12-11-15-7-3-1-4-8-15)20-14-13-16-9-5-2-6-10-16/h1-10,17-18,20-21H,11-14H2,(H,22,23)/t17-,18+/m1/s1. The van der Waals surface area contributed by atoms with Crippen molar-refractivity contribution < 1.29 is 15.0 Å². The van der Waals surface area contributed by atoms with Crippen molar-refractivity contribution in [3.8, 4) is 0 Å². The Morgan fingerprint density at radius 1 is 0.913 bits per heavy atom. The molecule has 0 saturated carbocycles. The molecule has 0 radical (unpaired) electrons. The topological polar surface area (TPSA) is 69.6 Å². The van der Waals surface area contributed by atoms with Crippen LogP contribution in [0.1, 0.15) is 17.5 Å². The van der Waals surface area contributed by atoms with Crippen LogP contribution in [-0.2, 0) is 17.6 Å². The lowest BCUT2D eigenvalue weighted by Gasteiger charge is -2.21. The highest BCUT2D eigenvalue weighted by Crippen LogP contribution is 2.09. The largest absolute Gasteiger partial charge is 0.479 e. The molecular weight excluding hydrogens is 290 g/mol. The van der Waals surface area contributed by atoms with Gasteiger partial charge in [0.15, 0.2) is 6.10 Å². The highest BCUT2D eigenvalue weighted by atomic mass is 16.4. The van der Waals surface area contributed by atoms with E-state index in [1.165, 1.54) is 5.56 Å². The van der Waals surface area contributed by atoms with E-state index in [2.05, 4.69) is 5.32 Å². The summed E-state index contributed by atoms with van der Waals surface area (Å²) >= 11 is 0. The molecule has 2 aromatic rings. The smallest absolute Gasteiger partial charge is 0.334 e. The molecule has 4 nitrogen and oxygen atoms in total. The minimum atomic E-state index is -1.39. The lowest BCUT2D eigenvalue weighted by molar-refractivity contribution is -0.148. The van der Waals surface area contributed by atoms with Crippen LogP contribution >= 0.6 is 0 Å². The summed E-state index contributed by atoms with van der Waals surface area (Å²) in [5.74, 6) is -1.18. The first kappa shape index (κ1) is 17.2. The van der Waals surface area contributed by atoms with Gasteiger partial charge in [-0.25, -0.2) is 4.79 Å². The average molecular weight is 313 g/mol. The predicted octanol–water partition coefficient (Wildman–Crippen LogP) is 2.27. The third-order valence-electron chi connectivity index (χ3n) is 3.88. The van der Waals surface area contributed by atoms with Gasteiger partial charge in [-0.2, -0.15) is 0 Å². The van der Waals surface area contributed by atoms with E-state index in [0.717, 1.165) is 18.4 Å². The Morgan fingerprint density at radius 2 is 1.43 bits per heavy atom. The molecular formula is C19H23NO3. The number of carbonyl (C=O) groups is 1. The molecule has 4 heteroatoms. The number of nitrogens with one attached hydrogen (secondary N) is 1. The second-order valence-electron chi connectivity index (χ2n) is 5.60. The number of aryl methyl sites for hydroxylation is 1. The van der Waals surface area contributed by atoms with Gasteiger partial charge < -0.3 is 15.5 Å². The molecule has 0 aliphatic rings. The number of rotatable bonds is 9. The van der Waals surface area contributed by atoms with Crippen LogP contribution < -0.4 is 5.32 Å². The number of carboxylic acid groups (broad SMARTS) is 1. The van der Waals surface area contributed by atoms with Gasteiger partial charge in [-0.3, -0.25) is 0 Å². The first-order chi connectivity index (χ1) is 11.2. The molecule has 0 aromatic heterocycles. The number of benzene rings is 2. The van der Waals surface area contributed by atoms with Gasteiger partial charge in [0, 0.05) is 6.04 Å². The third kappa shape index (κ3) is 5.85. The molecule has 0 spiro atoms. The van der Waals surface area contributed by atoms with Crippen LogP contribution in [0.5, 0.6) is 0 Å². The molecule has 3 N–H and O–H groups in total. The molecule has 0 unspecified atom stereocenters. The molecule has 0 saturated heterocycles. The molecule has 2 aromatic carbocycles. The third-order valence-corrected chi connectivity index (χ3v) is 3.88. The Bertz CT molecular complexity index is 586. The van der Waals surface area contributed by atoms with Crippen molar-refractivity contribution >= 4 is 5.97 Å². The highest BCUT2D eigenvalue weighted by Gasteiger charge is 2.24. The minimum Gasteiger partial charge on any atom is -0.479 e. The normalized spacial score (nSPS) is 13.4. The molecule has 2 atom stereocenters. The van der Waals surface area contributed by atoms with E-state index in [1.54, 1.807) is 0 Å². The second kappa shape index (κ2) is 9.08. The first-order valence-electron chi connectivity index (χ1n) is 7.89. The Labute approximate surface area is 136 Å². The van der Waals surface area contributed by atoms with Gasteiger partial charge in [0.05, 0.1) is 0 Å². The van der Waals surface area contributed by atoms with Crippen LogP contribution in [0.25, 0.3) is 0 Å². The maximum Gasteiger partial charge on any atom is 0.334 e. The quantitative estimate of drug-likeness (QED) is 0.664. The number of hydrogen-bond acceptors (Lipinski definition) is 3. The van der Waals surface area contributed by atoms with Gasteiger partial charge in [0.2, 0.25) is 0 Å². The maximum atomic E-state index is 11.1. The number of aliphatic carboxylic acids is 1. The Kier molecular flexibility index (Phi) is 6.78. The Balaban J connectivity index is 1.87. The number of aliphatic hydroxyl groups excluding tert-OH is 1. The van der Waals surface area contributed by atoms with E-state index >= 15 is 0 Å². The molecule has 0 fully saturated rings. The van der Waals surface area contributed by atoms with E-state index in [1.807, 2.05) is 60.7 Å². The SMILES string of the molecule is O=C(O)[C@@H](O)[C@@H](CCc1ccccc1)NCCc1ccccc1. The van der Waals surface area contributed by atoms with Crippen molar-refractivity contribution in [1.29, 1.82) is 0 Å². The lowest BCUT2D eigenvalue weighted by atomic mass is 10.0. The zero-order chi connectivity index (χ0) is 16.5. The number of hydrogen-bond donors (Lipinski definition) is 3. The maximum absolute atomic E-state index is 11.1. The van der Waals surface area contributed by atoms with Crippen molar-refractivity contribution in [2.75, 3.05) is 6.54 Å². The van der Waals surface area contributed by atoms with Crippen molar-refractivity contribution in [2.45, 2.75) is 31.4 Å². The van der Waals surface area contributed by atoms with Gasteiger partial charge in [0.1, 0.15) is 0 Å². The Morgan fingerprint density at radius 3 is 1.96 bits per heavy atom. The minimum absolute atomic E-state index is 0.462. The van der Waals surface area contributed by atoms with Gasteiger partial charge in [-0.1, -0.05) is 60.7 Å². The van der Waals surface area contributed by atoms with Crippen molar-refractivity contribution in [2.24, 2.45) is 0 Å². The molecule has 0 aliphatic carbocycles. The predicted molar refractivity (Wildman–Crippen MR) is 90.3 cm³/mol. The van der Waals surface area contributed by atoms with Gasteiger partial charge in [-0.05, 0) is 36.9 Å². The van der Waals surface area contributed by atoms with E-state index < -0.39 is 18.1 Å². The van der Waals surface area contributed by atoms with Crippen LogP contribution in [0.15, 0.2) is 60.7 Å². The van der Waals surface area contributed by atoms with Crippen LogP contribution in [-0.4, -0.2) is 34.9 Å². The van der Waals surface area contributed by atoms with Crippen molar-refractivity contribution in [1.82, 2.24) is 5.32 Å². The second-order valence-corrected chi connectivity index (χ2v) is 5.60. The summed E-state index contributed by atoms with van der Waals surface area (Å²) in [5.41, 5.74) is 2.33. The van der Waals surface area contributed by atoms with Gasteiger partial charge in [-0.15, -0.1) is 0 Å². The van der Waals surface area contributed by atoms with Crippen molar-refractivity contribution in [3.63, 3.8) is 0 Å². The van der Waals surface area contributed by atoms with Gasteiger partial charge >= 0.3 is 5.97 Å². The highest BCUT2D eigenvalue weighted by molar-refractivity contribution is 5.72. The fourth-order valence-electron chi connectivity index (χ4n) is 2.56. The van der Waals surface area contributed by atoms with E-state index in [4.69, 9.17) is 5.11 Å². The fraction of sp³-hybridized carbons (Fsp3) is 0.316. The summed E-state index contributed by atoms with van der Waals surface area (Å²) < 4.78 is 0. The van der Waals surface area contributed by atoms with Crippen LogP contribution in [0, 0.1) is 0 Å². The van der Waals surface area contributed by atoms with Crippen LogP contribution in [0.4, 0.5) is 0 Å². The first-order valence-corrected chi connectivity index (χ1v) is 7.89. The Hall–Kier alpha value is -2.17. The monoisotopic (exact) mass is 313 g/mol. The summed E-state index contributed by atoms with van der Waals surface area (Å²) in [6.45, 7) is 0.633. The van der Waals surface area contributed by atoms with Crippen LogP contribution in [0.2, 0.25) is 0 Å². The molecule has 122 valence electrons. The summed E-state index contributed by atoms with van der Waals surface area (Å²) in [4.78, 5) is 11.1. The van der Waals surface area contributed by atoms with Crippen LogP contribution in [0.3, 0.4) is 0 Å². The summed E-state index contributed by atoms with van der Waals surface area (Å²) in [5, 5.41) is 22.2. The van der Waals surface area contributed by atoms with E-state index in [-0.39, 0.29) is 0 Å².